The van der Waals surface area contributed by atoms with Gasteiger partial charge in [0.25, 0.3) is 5.91 Å². The molecule has 0 unspecified atom stereocenters. The second-order valence-electron chi connectivity index (χ2n) is 7.43. The molecule has 9 nitrogen and oxygen atoms in total. The number of phenols is 1. The first-order valence-electron chi connectivity index (χ1n) is 10.1. The van der Waals surface area contributed by atoms with Crippen molar-refractivity contribution >= 4 is 28.9 Å². The number of primary amides is 1. The lowest BCUT2D eigenvalue weighted by atomic mass is 10.1. The highest BCUT2D eigenvalue weighted by Gasteiger charge is 2.19. The number of phenolic OH excluding ortho intramolecular Hbond substituents is 1. The number of amides is 1. The molecule has 31 heavy (non-hydrogen) atoms. The van der Waals surface area contributed by atoms with E-state index in [-0.39, 0.29) is 11.3 Å². The average molecular weight is 422 g/mol. The minimum Gasteiger partial charge on any atom is -0.508 e. The maximum atomic E-state index is 12.1. The van der Waals surface area contributed by atoms with Crippen LogP contribution in [-0.2, 0) is 11.3 Å². The SMILES string of the molecule is Cc1cc(Nc2n[nH]c(NCc3ccc(O)cc3)c2C(N)=O)ccc1N1CCOCC1. The van der Waals surface area contributed by atoms with Gasteiger partial charge >= 0.3 is 0 Å². The summed E-state index contributed by atoms with van der Waals surface area (Å²) in [4.78, 5) is 14.4. The van der Waals surface area contributed by atoms with Crippen molar-refractivity contribution in [1.82, 2.24) is 10.2 Å². The van der Waals surface area contributed by atoms with Crippen LogP contribution < -0.4 is 21.3 Å². The summed E-state index contributed by atoms with van der Waals surface area (Å²) in [6, 6.07) is 12.8. The molecule has 3 aromatic rings. The standard InChI is InChI=1S/C22H26N6O3/c1-14-12-16(4-7-18(14)28-8-10-31-11-9-28)25-22-19(20(23)30)21(26-27-22)24-13-15-2-5-17(29)6-3-15/h2-7,12,29H,8-11,13H2,1H3,(H2,23,30)(H3,24,25,26,27). The van der Waals surface area contributed by atoms with Gasteiger partial charge in [-0.25, -0.2) is 0 Å². The Morgan fingerprint density at radius 1 is 1.23 bits per heavy atom. The normalized spacial score (nSPS) is 13.8. The fourth-order valence-corrected chi connectivity index (χ4v) is 3.63. The topological polar surface area (TPSA) is 129 Å². The first-order chi connectivity index (χ1) is 15.0. The summed E-state index contributed by atoms with van der Waals surface area (Å²) in [5.74, 6) is 0.402. The van der Waals surface area contributed by atoms with Gasteiger partial charge in [-0.15, -0.1) is 0 Å². The van der Waals surface area contributed by atoms with Crippen LogP contribution in [-0.4, -0.2) is 47.5 Å². The monoisotopic (exact) mass is 422 g/mol. The highest BCUT2D eigenvalue weighted by molar-refractivity contribution is 6.03. The summed E-state index contributed by atoms with van der Waals surface area (Å²) in [5, 5.41) is 22.8. The van der Waals surface area contributed by atoms with E-state index < -0.39 is 5.91 Å². The van der Waals surface area contributed by atoms with Gasteiger partial charge in [0.15, 0.2) is 5.82 Å². The molecule has 6 N–H and O–H groups in total. The molecule has 1 aliphatic heterocycles. The van der Waals surface area contributed by atoms with Crippen molar-refractivity contribution in [3.63, 3.8) is 0 Å². The molecule has 1 saturated heterocycles. The smallest absolute Gasteiger partial charge is 0.256 e. The highest BCUT2D eigenvalue weighted by atomic mass is 16.5. The summed E-state index contributed by atoms with van der Waals surface area (Å²) in [6.45, 7) is 5.70. The molecule has 0 saturated carbocycles. The highest BCUT2D eigenvalue weighted by Crippen LogP contribution is 2.29. The number of rotatable bonds is 7. The van der Waals surface area contributed by atoms with Crippen LogP contribution in [0, 0.1) is 6.92 Å². The molecule has 0 spiro atoms. The Labute approximate surface area is 180 Å². The van der Waals surface area contributed by atoms with Crippen molar-refractivity contribution in [2.24, 2.45) is 5.73 Å². The van der Waals surface area contributed by atoms with Crippen molar-refractivity contribution in [3.8, 4) is 5.75 Å². The van der Waals surface area contributed by atoms with Crippen LogP contribution in [0.2, 0.25) is 0 Å². The predicted octanol–water partition coefficient (Wildman–Crippen LogP) is 2.71. The molecule has 162 valence electrons. The van der Waals surface area contributed by atoms with Gasteiger partial charge < -0.3 is 31.1 Å². The molecular weight excluding hydrogens is 396 g/mol. The zero-order chi connectivity index (χ0) is 21.8. The third-order valence-electron chi connectivity index (χ3n) is 5.23. The van der Waals surface area contributed by atoms with Crippen molar-refractivity contribution in [2.75, 3.05) is 41.8 Å². The Kier molecular flexibility index (Phi) is 5.94. The van der Waals surface area contributed by atoms with E-state index in [2.05, 4.69) is 38.7 Å². The van der Waals surface area contributed by atoms with E-state index >= 15 is 0 Å². The van der Waals surface area contributed by atoms with E-state index in [1.807, 2.05) is 12.1 Å². The molecule has 0 radical (unpaired) electrons. The van der Waals surface area contributed by atoms with E-state index in [9.17, 15) is 9.90 Å². The van der Waals surface area contributed by atoms with Gasteiger partial charge in [-0.05, 0) is 48.4 Å². The molecule has 1 amide bonds. The molecule has 0 bridgehead atoms. The predicted molar refractivity (Wildman–Crippen MR) is 120 cm³/mol. The van der Waals surface area contributed by atoms with Gasteiger partial charge in [0.05, 0.1) is 13.2 Å². The third-order valence-corrected chi connectivity index (χ3v) is 5.23. The maximum Gasteiger partial charge on any atom is 0.256 e. The maximum absolute atomic E-state index is 12.1. The molecule has 0 atom stereocenters. The summed E-state index contributed by atoms with van der Waals surface area (Å²) in [6.07, 6.45) is 0. The molecule has 2 aromatic carbocycles. The second kappa shape index (κ2) is 8.97. The Hall–Kier alpha value is -3.72. The number of hydrogen-bond donors (Lipinski definition) is 5. The van der Waals surface area contributed by atoms with E-state index in [1.165, 1.54) is 5.69 Å². The number of H-pyrrole nitrogens is 1. The van der Waals surface area contributed by atoms with Gasteiger partial charge in [-0.1, -0.05) is 12.1 Å². The van der Waals surface area contributed by atoms with E-state index in [0.29, 0.717) is 18.2 Å². The fourth-order valence-electron chi connectivity index (χ4n) is 3.63. The van der Waals surface area contributed by atoms with Crippen LogP contribution in [0.5, 0.6) is 5.75 Å². The number of nitrogens with zero attached hydrogens (tertiary/aromatic N) is 2. The summed E-state index contributed by atoms with van der Waals surface area (Å²) >= 11 is 0. The summed E-state index contributed by atoms with van der Waals surface area (Å²) in [7, 11) is 0. The van der Waals surface area contributed by atoms with Crippen molar-refractivity contribution in [2.45, 2.75) is 13.5 Å². The second-order valence-corrected chi connectivity index (χ2v) is 7.43. The first kappa shape index (κ1) is 20.5. The summed E-state index contributed by atoms with van der Waals surface area (Å²) < 4.78 is 5.43. The number of benzene rings is 2. The number of hydrogen-bond acceptors (Lipinski definition) is 7. The third kappa shape index (κ3) is 4.72. The van der Waals surface area contributed by atoms with Crippen molar-refractivity contribution < 1.29 is 14.6 Å². The number of morpholine rings is 1. The molecular formula is C22H26N6O3. The zero-order valence-corrected chi connectivity index (χ0v) is 17.3. The molecule has 1 aliphatic rings. The van der Waals surface area contributed by atoms with Gasteiger partial charge in [0.1, 0.15) is 17.1 Å². The van der Waals surface area contributed by atoms with Gasteiger partial charge in [-0.2, -0.15) is 5.10 Å². The molecule has 9 heteroatoms. The Morgan fingerprint density at radius 2 is 1.97 bits per heavy atom. The van der Waals surface area contributed by atoms with Crippen LogP contribution in [0.25, 0.3) is 0 Å². The summed E-state index contributed by atoms with van der Waals surface area (Å²) in [5.41, 5.74) is 9.92. The Bertz CT molecular complexity index is 1060. The van der Waals surface area contributed by atoms with E-state index in [1.54, 1.807) is 24.3 Å². The van der Waals surface area contributed by atoms with Crippen LogP contribution in [0.15, 0.2) is 42.5 Å². The number of ether oxygens (including phenoxy) is 1. The van der Waals surface area contributed by atoms with Gasteiger partial charge in [-0.3, -0.25) is 9.89 Å². The average Bonchev–Trinajstić information content (AvgIpc) is 3.17. The number of aromatic amines is 1. The fraction of sp³-hybridized carbons (Fsp3) is 0.273. The number of aryl methyl sites for hydroxylation is 1. The number of carbonyl (C=O) groups excluding carboxylic acids is 1. The minimum atomic E-state index is -0.592. The number of aromatic hydroxyl groups is 1. The Balaban J connectivity index is 1.49. The number of carbonyl (C=O) groups is 1. The van der Waals surface area contributed by atoms with Crippen LogP contribution >= 0.6 is 0 Å². The van der Waals surface area contributed by atoms with Crippen molar-refractivity contribution in [1.29, 1.82) is 0 Å². The lowest BCUT2D eigenvalue weighted by Gasteiger charge is -2.30. The molecule has 4 rings (SSSR count). The number of nitrogens with one attached hydrogen (secondary N) is 3. The lowest BCUT2D eigenvalue weighted by molar-refractivity contribution is 0.100. The molecule has 1 fully saturated rings. The Morgan fingerprint density at radius 3 is 2.65 bits per heavy atom. The quantitative estimate of drug-likeness (QED) is 0.396. The van der Waals surface area contributed by atoms with Crippen molar-refractivity contribution in [3.05, 3.63) is 59.2 Å². The van der Waals surface area contributed by atoms with E-state index in [0.717, 1.165) is 43.1 Å². The van der Waals surface area contributed by atoms with Crippen LogP contribution in [0.4, 0.5) is 23.0 Å². The number of anilines is 4. The van der Waals surface area contributed by atoms with E-state index in [4.69, 9.17) is 10.5 Å². The van der Waals surface area contributed by atoms with Crippen LogP contribution in [0.1, 0.15) is 21.5 Å². The molecule has 2 heterocycles. The number of aromatic nitrogens is 2. The zero-order valence-electron chi connectivity index (χ0n) is 17.3. The molecule has 1 aromatic heterocycles. The van der Waals surface area contributed by atoms with Gasteiger partial charge in [0, 0.05) is 31.0 Å². The lowest BCUT2D eigenvalue weighted by Crippen LogP contribution is -2.36. The number of nitrogens with two attached hydrogens (primary N) is 1. The van der Waals surface area contributed by atoms with Gasteiger partial charge in [0.2, 0.25) is 0 Å². The van der Waals surface area contributed by atoms with Crippen LogP contribution in [0.3, 0.4) is 0 Å². The minimum absolute atomic E-state index is 0.199. The first-order valence-corrected chi connectivity index (χ1v) is 10.1. The largest absolute Gasteiger partial charge is 0.508 e. The molecule has 0 aliphatic carbocycles.